The highest BCUT2D eigenvalue weighted by Gasteiger charge is 2.11. The molecule has 0 saturated heterocycles. The molecule has 1 unspecified atom stereocenters. The normalized spacial score (nSPS) is 12.4. The van der Waals surface area contributed by atoms with Gasteiger partial charge in [-0.25, -0.2) is 0 Å². The van der Waals surface area contributed by atoms with Gasteiger partial charge in [0.1, 0.15) is 0 Å². The lowest BCUT2D eigenvalue weighted by atomic mass is 10.2. The monoisotopic (exact) mass is 225 g/mol. The number of carboxylic acids is 1. The lowest BCUT2D eigenvalue weighted by molar-refractivity contribution is -0.140. The maximum atomic E-state index is 10.6. The second-order valence-corrected chi connectivity index (χ2v) is 4.64. The third kappa shape index (κ3) is 3.47. The molecule has 0 bridgehead atoms. The SMILES string of the molecule is Cc1ccc(N)cc1SCC(C)C(=O)O. The van der Waals surface area contributed by atoms with Crippen molar-refractivity contribution in [3.63, 3.8) is 0 Å². The Hall–Kier alpha value is -1.16. The van der Waals surface area contributed by atoms with Crippen LogP contribution in [0.4, 0.5) is 5.69 Å². The minimum absolute atomic E-state index is 0.337. The van der Waals surface area contributed by atoms with Gasteiger partial charge < -0.3 is 10.8 Å². The lowest BCUT2D eigenvalue weighted by Crippen LogP contribution is -2.11. The molecule has 1 aromatic rings. The largest absolute Gasteiger partial charge is 0.481 e. The van der Waals surface area contributed by atoms with Crippen molar-refractivity contribution in [1.82, 2.24) is 0 Å². The fourth-order valence-electron chi connectivity index (χ4n) is 1.06. The standard InChI is InChI=1S/C11H15NO2S/c1-7-3-4-9(12)5-10(7)15-6-8(2)11(13)14/h3-5,8H,6,12H2,1-2H3,(H,13,14). The summed E-state index contributed by atoms with van der Waals surface area (Å²) in [4.78, 5) is 11.7. The number of nitrogens with two attached hydrogens (primary N) is 1. The highest BCUT2D eigenvalue weighted by atomic mass is 32.2. The minimum atomic E-state index is -0.760. The van der Waals surface area contributed by atoms with Crippen LogP contribution < -0.4 is 5.73 Å². The average molecular weight is 225 g/mol. The van der Waals surface area contributed by atoms with Crippen LogP contribution in [0.5, 0.6) is 0 Å². The molecule has 0 aromatic heterocycles. The molecule has 3 nitrogen and oxygen atoms in total. The van der Waals surface area contributed by atoms with Gasteiger partial charge >= 0.3 is 5.97 Å². The molecule has 1 rings (SSSR count). The first kappa shape index (κ1) is 11.9. The summed E-state index contributed by atoms with van der Waals surface area (Å²) < 4.78 is 0. The number of aliphatic carboxylic acids is 1. The zero-order valence-electron chi connectivity index (χ0n) is 8.86. The van der Waals surface area contributed by atoms with E-state index >= 15 is 0 Å². The van der Waals surface area contributed by atoms with Crippen molar-refractivity contribution in [1.29, 1.82) is 0 Å². The number of thioether (sulfide) groups is 1. The predicted octanol–water partition coefficient (Wildman–Crippen LogP) is 2.39. The highest BCUT2D eigenvalue weighted by Crippen LogP contribution is 2.26. The van der Waals surface area contributed by atoms with Gasteiger partial charge in [-0.3, -0.25) is 4.79 Å². The molecule has 0 saturated carbocycles. The number of nitrogen functional groups attached to an aromatic ring is 1. The molecule has 0 aliphatic rings. The molecule has 0 aliphatic heterocycles. The molecule has 1 aromatic carbocycles. The summed E-state index contributed by atoms with van der Waals surface area (Å²) in [6.45, 7) is 3.70. The predicted molar refractivity (Wildman–Crippen MR) is 63.1 cm³/mol. The molecule has 0 spiro atoms. The second-order valence-electron chi connectivity index (χ2n) is 3.58. The van der Waals surface area contributed by atoms with Crippen LogP contribution in [0.1, 0.15) is 12.5 Å². The Bertz CT molecular complexity index is 366. The van der Waals surface area contributed by atoms with Gasteiger partial charge in [0.25, 0.3) is 0 Å². The van der Waals surface area contributed by atoms with Gasteiger partial charge in [-0.1, -0.05) is 13.0 Å². The maximum Gasteiger partial charge on any atom is 0.307 e. The molecule has 0 amide bonds. The van der Waals surface area contributed by atoms with Gasteiger partial charge in [-0.05, 0) is 24.6 Å². The van der Waals surface area contributed by atoms with E-state index in [2.05, 4.69) is 0 Å². The van der Waals surface area contributed by atoms with E-state index in [0.29, 0.717) is 11.4 Å². The number of hydrogen-bond donors (Lipinski definition) is 2. The van der Waals surface area contributed by atoms with Crippen LogP contribution in [-0.4, -0.2) is 16.8 Å². The number of rotatable bonds is 4. The summed E-state index contributed by atoms with van der Waals surface area (Å²) in [6, 6.07) is 5.68. The Morgan fingerprint density at radius 3 is 2.87 bits per heavy atom. The van der Waals surface area contributed by atoms with Gasteiger partial charge in [0, 0.05) is 16.3 Å². The summed E-state index contributed by atoms with van der Waals surface area (Å²) in [5.41, 5.74) is 7.51. The van der Waals surface area contributed by atoms with E-state index in [1.165, 1.54) is 11.8 Å². The Morgan fingerprint density at radius 2 is 2.27 bits per heavy atom. The summed E-state index contributed by atoms with van der Waals surface area (Å²) in [6.07, 6.45) is 0. The van der Waals surface area contributed by atoms with Crippen LogP contribution in [0.15, 0.2) is 23.1 Å². The third-order valence-electron chi connectivity index (χ3n) is 2.12. The van der Waals surface area contributed by atoms with E-state index in [-0.39, 0.29) is 5.92 Å². The van der Waals surface area contributed by atoms with Crippen molar-refractivity contribution in [3.05, 3.63) is 23.8 Å². The number of benzene rings is 1. The van der Waals surface area contributed by atoms with Crippen molar-refractivity contribution >= 4 is 23.4 Å². The van der Waals surface area contributed by atoms with Crippen LogP contribution >= 0.6 is 11.8 Å². The molecule has 0 fully saturated rings. The molecule has 1 atom stereocenters. The van der Waals surface area contributed by atoms with Gasteiger partial charge in [-0.2, -0.15) is 0 Å². The molecule has 0 heterocycles. The number of carboxylic acid groups (broad SMARTS) is 1. The first-order valence-electron chi connectivity index (χ1n) is 4.72. The maximum absolute atomic E-state index is 10.6. The van der Waals surface area contributed by atoms with Crippen LogP contribution in [0.25, 0.3) is 0 Å². The summed E-state index contributed by atoms with van der Waals surface area (Å²) in [5, 5.41) is 8.75. The van der Waals surface area contributed by atoms with Crippen molar-refractivity contribution in [2.45, 2.75) is 18.7 Å². The van der Waals surface area contributed by atoms with Gasteiger partial charge in [0.2, 0.25) is 0 Å². The Balaban J connectivity index is 2.65. The topological polar surface area (TPSA) is 63.3 Å². The molecule has 0 radical (unpaired) electrons. The first-order valence-corrected chi connectivity index (χ1v) is 5.71. The quantitative estimate of drug-likeness (QED) is 0.610. The van der Waals surface area contributed by atoms with Crippen LogP contribution in [0, 0.1) is 12.8 Å². The average Bonchev–Trinajstić information content (AvgIpc) is 2.18. The number of anilines is 1. The first-order chi connectivity index (χ1) is 7.00. The number of hydrogen-bond acceptors (Lipinski definition) is 3. The van der Waals surface area contributed by atoms with E-state index in [1.54, 1.807) is 6.92 Å². The molecule has 82 valence electrons. The molecule has 4 heteroatoms. The summed E-state index contributed by atoms with van der Waals surface area (Å²) in [5.74, 6) is -0.528. The molecular weight excluding hydrogens is 210 g/mol. The van der Waals surface area contributed by atoms with E-state index in [1.807, 2.05) is 25.1 Å². The fourth-order valence-corrected chi connectivity index (χ4v) is 2.15. The van der Waals surface area contributed by atoms with Crippen molar-refractivity contribution < 1.29 is 9.90 Å². The lowest BCUT2D eigenvalue weighted by Gasteiger charge is -2.08. The van der Waals surface area contributed by atoms with Crippen molar-refractivity contribution in [2.24, 2.45) is 5.92 Å². The van der Waals surface area contributed by atoms with Gasteiger partial charge in [0.05, 0.1) is 5.92 Å². The highest BCUT2D eigenvalue weighted by molar-refractivity contribution is 7.99. The summed E-state index contributed by atoms with van der Waals surface area (Å²) in [7, 11) is 0. The molecular formula is C11H15NO2S. The second kappa shape index (κ2) is 5.07. The molecule has 3 N–H and O–H groups in total. The van der Waals surface area contributed by atoms with Crippen LogP contribution in [0.3, 0.4) is 0 Å². The van der Waals surface area contributed by atoms with Crippen molar-refractivity contribution in [3.8, 4) is 0 Å². The summed E-state index contributed by atoms with van der Waals surface area (Å²) >= 11 is 1.54. The molecule has 15 heavy (non-hydrogen) atoms. The minimum Gasteiger partial charge on any atom is -0.481 e. The van der Waals surface area contributed by atoms with E-state index in [4.69, 9.17) is 10.8 Å². The Labute approximate surface area is 93.7 Å². The van der Waals surface area contributed by atoms with Gasteiger partial charge in [0.15, 0.2) is 0 Å². The smallest absolute Gasteiger partial charge is 0.307 e. The number of carbonyl (C=O) groups is 1. The zero-order chi connectivity index (χ0) is 11.4. The van der Waals surface area contributed by atoms with Crippen molar-refractivity contribution in [2.75, 3.05) is 11.5 Å². The Kier molecular flexibility index (Phi) is 4.03. The fraction of sp³-hybridized carbons (Fsp3) is 0.364. The zero-order valence-corrected chi connectivity index (χ0v) is 9.67. The molecule has 0 aliphatic carbocycles. The van der Waals surface area contributed by atoms with Crippen LogP contribution in [-0.2, 0) is 4.79 Å². The van der Waals surface area contributed by atoms with E-state index < -0.39 is 5.97 Å². The van der Waals surface area contributed by atoms with E-state index in [9.17, 15) is 4.79 Å². The third-order valence-corrected chi connectivity index (χ3v) is 3.54. The van der Waals surface area contributed by atoms with Crippen LogP contribution in [0.2, 0.25) is 0 Å². The van der Waals surface area contributed by atoms with E-state index in [0.717, 1.165) is 10.5 Å². The number of aryl methyl sites for hydroxylation is 1. The van der Waals surface area contributed by atoms with Gasteiger partial charge in [-0.15, -0.1) is 11.8 Å². The Morgan fingerprint density at radius 1 is 1.60 bits per heavy atom.